The molecule has 2 rings (SSSR count). The molecule has 1 aromatic rings. The molecule has 0 atom stereocenters. The number of aryl methyl sites for hydroxylation is 1. The summed E-state index contributed by atoms with van der Waals surface area (Å²) in [6.07, 6.45) is 3.92. The molecular formula is C7H12N4S. The van der Waals surface area contributed by atoms with E-state index >= 15 is 0 Å². The molecule has 1 fully saturated rings. The summed E-state index contributed by atoms with van der Waals surface area (Å²) in [5.41, 5.74) is 0. The maximum Gasteiger partial charge on any atom is 0.210 e. The number of hydrogen-bond acceptors (Lipinski definition) is 4. The molecule has 1 aliphatic carbocycles. The minimum absolute atomic E-state index is 0.718. The largest absolute Gasteiger partial charge is 0.336 e. The molecule has 0 amide bonds. The van der Waals surface area contributed by atoms with Crippen LogP contribution in [0, 0.1) is 6.92 Å². The fraction of sp³-hybridized carbons (Fsp3) is 0.714. The summed E-state index contributed by atoms with van der Waals surface area (Å²) in [5, 5.41) is 9.45. The number of hydrogen-bond donors (Lipinski definition) is 1. The first kappa shape index (κ1) is 7.91. The van der Waals surface area contributed by atoms with Crippen molar-refractivity contribution < 1.29 is 0 Å². The maximum atomic E-state index is 5.70. The van der Waals surface area contributed by atoms with Gasteiger partial charge in [0.05, 0.1) is 0 Å². The molecule has 1 heterocycles. The molecule has 0 spiro atoms. The lowest BCUT2D eigenvalue weighted by Crippen LogP contribution is -2.17. The minimum atomic E-state index is 0.718. The SMILES string of the molecule is Cc1nnc(SC2CCC2)n1N. The van der Waals surface area contributed by atoms with Gasteiger partial charge in [0.15, 0.2) is 0 Å². The topological polar surface area (TPSA) is 56.7 Å². The van der Waals surface area contributed by atoms with E-state index in [9.17, 15) is 0 Å². The van der Waals surface area contributed by atoms with Crippen molar-refractivity contribution in [3.8, 4) is 0 Å². The fourth-order valence-corrected chi connectivity index (χ4v) is 2.27. The van der Waals surface area contributed by atoms with Crippen LogP contribution in [0.25, 0.3) is 0 Å². The molecule has 0 bridgehead atoms. The first-order valence-corrected chi connectivity index (χ1v) is 4.99. The van der Waals surface area contributed by atoms with Crippen molar-refractivity contribution in [2.24, 2.45) is 0 Å². The second kappa shape index (κ2) is 2.97. The van der Waals surface area contributed by atoms with E-state index in [1.54, 1.807) is 16.4 Å². The summed E-state index contributed by atoms with van der Waals surface area (Å²) < 4.78 is 1.56. The Balaban J connectivity index is 2.06. The minimum Gasteiger partial charge on any atom is -0.336 e. The normalized spacial score (nSPS) is 17.8. The zero-order valence-corrected chi connectivity index (χ0v) is 7.84. The summed E-state index contributed by atoms with van der Waals surface area (Å²) in [4.78, 5) is 0. The summed E-state index contributed by atoms with van der Waals surface area (Å²) in [6, 6.07) is 0. The number of rotatable bonds is 2. The summed E-state index contributed by atoms with van der Waals surface area (Å²) >= 11 is 1.74. The number of aromatic nitrogens is 3. The zero-order valence-electron chi connectivity index (χ0n) is 7.03. The van der Waals surface area contributed by atoms with Crippen molar-refractivity contribution >= 4 is 11.8 Å². The van der Waals surface area contributed by atoms with Crippen LogP contribution in [-0.2, 0) is 0 Å². The molecule has 4 nitrogen and oxygen atoms in total. The van der Waals surface area contributed by atoms with E-state index in [1.165, 1.54) is 19.3 Å². The Bertz CT molecular complexity index is 279. The smallest absolute Gasteiger partial charge is 0.210 e. The van der Waals surface area contributed by atoms with E-state index in [1.807, 2.05) is 6.92 Å². The van der Waals surface area contributed by atoms with E-state index in [0.717, 1.165) is 16.2 Å². The van der Waals surface area contributed by atoms with E-state index < -0.39 is 0 Å². The van der Waals surface area contributed by atoms with Gasteiger partial charge < -0.3 is 5.84 Å². The molecule has 66 valence electrons. The number of nitrogen functional groups attached to an aromatic ring is 1. The van der Waals surface area contributed by atoms with Gasteiger partial charge in [-0.05, 0) is 19.8 Å². The molecule has 5 heteroatoms. The molecule has 0 aliphatic heterocycles. The van der Waals surface area contributed by atoms with Crippen LogP contribution in [0.2, 0.25) is 0 Å². The van der Waals surface area contributed by atoms with Crippen LogP contribution in [0.5, 0.6) is 0 Å². The van der Waals surface area contributed by atoms with Gasteiger partial charge in [0, 0.05) is 5.25 Å². The predicted molar refractivity (Wildman–Crippen MR) is 48.4 cm³/mol. The van der Waals surface area contributed by atoms with Gasteiger partial charge in [-0.2, -0.15) is 0 Å². The average molecular weight is 184 g/mol. The van der Waals surface area contributed by atoms with Crippen LogP contribution < -0.4 is 5.84 Å². The van der Waals surface area contributed by atoms with Crippen LogP contribution in [0.15, 0.2) is 5.16 Å². The van der Waals surface area contributed by atoms with Gasteiger partial charge in [0.1, 0.15) is 5.82 Å². The highest BCUT2D eigenvalue weighted by atomic mass is 32.2. The average Bonchev–Trinajstić information content (AvgIpc) is 2.27. The molecule has 0 saturated heterocycles. The Morgan fingerprint density at radius 2 is 2.25 bits per heavy atom. The summed E-state index contributed by atoms with van der Waals surface area (Å²) in [6.45, 7) is 1.86. The monoisotopic (exact) mass is 184 g/mol. The van der Waals surface area contributed by atoms with E-state index in [-0.39, 0.29) is 0 Å². The van der Waals surface area contributed by atoms with Gasteiger partial charge in [-0.3, -0.25) is 0 Å². The van der Waals surface area contributed by atoms with E-state index in [4.69, 9.17) is 5.84 Å². The lowest BCUT2D eigenvalue weighted by atomic mass is 10.0. The lowest BCUT2D eigenvalue weighted by Gasteiger charge is -2.23. The second-order valence-corrected chi connectivity index (χ2v) is 4.34. The molecule has 0 unspecified atom stereocenters. The van der Waals surface area contributed by atoms with Crippen molar-refractivity contribution in [3.63, 3.8) is 0 Å². The van der Waals surface area contributed by atoms with E-state index in [2.05, 4.69) is 10.2 Å². The van der Waals surface area contributed by atoms with Crippen LogP contribution in [0.1, 0.15) is 25.1 Å². The maximum absolute atomic E-state index is 5.70. The third kappa shape index (κ3) is 1.29. The predicted octanol–water partition coefficient (Wildman–Crippen LogP) is 0.945. The lowest BCUT2D eigenvalue weighted by molar-refractivity contribution is 0.520. The third-order valence-electron chi connectivity index (χ3n) is 2.16. The van der Waals surface area contributed by atoms with Crippen molar-refractivity contribution in [2.45, 2.75) is 36.6 Å². The summed E-state index contributed by atoms with van der Waals surface area (Å²) in [7, 11) is 0. The van der Waals surface area contributed by atoms with Gasteiger partial charge in [0.25, 0.3) is 0 Å². The van der Waals surface area contributed by atoms with Crippen molar-refractivity contribution in [1.29, 1.82) is 0 Å². The van der Waals surface area contributed by atoms with Crippen molar-refractivity contribution in [3.05, 3.63) is 5.82 Å². The molecule has 1 aromatic heterocycles. The van der Waals surface area contributed by atoms with Crippen molar-refractivity contribution in [2.75, 3.05) is 5.84 Å². The number of nitrogens with zero attached hydrogens (tertiary/aromatic N) is 3. The molecule has 1 saturated carbocycles. The van der Waals surface area contributed by atoms with Crippen LogP contribution in [0.4, 0.5) is 0 Å². The number of thioether (sulfide) groups is 1. The molecule has 2 N–H and O–H groups in total. The van der Waals surface area contributed by atoms with Gasteiger partial charge in [-0.25, -0.2) is 4.68 Å². The fourth-order valence-electron chi connectivity index (χ4n) is 1.07. The van der Waals surface area contributed by atoms with E-state index in [0.29, 0.717) is 0 Å². The van der Waals surface area contributed by atoms with Gasteiger partial charge >= 0.3 is 0 Å². The Morgan fingerprint density at radius 3 is 2.67 bits per heavy atom. The first-order valence-electron chi connectivity index (χ1n) is 4.11. The third-order valence-corrected chi connectivity index (χ3v) is 3.45. The highest BCUT2D eigenvalue weighted by Gasteiger charge is 2.21. The second-order valence-electron chi connectivity index (χ2n) is 3.07. The molecule has 0 aromatic carbocycles. The Labute approximate surface area is 75.5 Å². The number of nitrogens with two attached hydrogens (primary N) is 1. The Hall–Kier alpha value is -0.710. The van der Waals surface area contributed by atoms with Gasteiger partial charge in [-0.1, -0.05) is 18.2 Å². The van der Waals surface area contributed by atoms with Crippen LogP contribution >= 0.6 is 11.8 Å². The van der Waals surface area contributed by atoms with Gasteiger partial charge in [0.2, 0.25) is 5.16 Å². The molecule has 0 radical (unpaired) electrons. The molecule has 1 aliphatic rings. The van der Waals surface area contributed by atoms with Gasteiger partial charge in [-0.15, -0.1) is 10.2 Å². The standard InChI is InChI=1S/C7H12N4S/c1-5-9-10-7(11(5)8)12-6-3-2-4-6/h6H,2-4,8H2,1H3. The Morgan fingerprint density at radius 1 is 1.50 bits per heavy atom. The van der Waals surface area contributed by atoms with Crippen LogP contribution in [-0.4, -0.2) is 20.1 Å². The zero-order chi connectivity index (χ0) is 8.55. The quantitative estimate of drug-likeness (QED) is 0.695. The highest BCUT2D eigenvalue weighted by molar-refractivity contribution is 7.99. The molecular weight excluding hydrogens is 172 g/mol. The molecule has 12 heavy (non-hydrogen) atoms. The van der Waals surface area contributed by atoms with Crippen molar-refractivity contribution in [1.82, 2.24) is 14.9 Å². The summed E-state index contributed by atoms with van der Waals surface area (Å²) in [5.74, 6) is 6.48. The highest BCUT2D eigenvalue weighted by Crippen LogP contribution is 2.34. The first-order chi connectivity index (χ1) is 5.77. The van der Waals surface area contributed by atoms with Crippen LogP contribution in [0.3, 0.4) is 0 Å². The Kier molecular flexibility index (Phi) is 1.96.